The highest BCUT2D eigenvalue weighted by molar-refractivity contribution is 5.10. The first-order valence-corrected chi connectivity index (χ1v) is 6.58. The molecule has 3 heterocycles. The Morgan fingerprint density at radius 2 is 2.35 bits per heavy atom. The number of fused-ring (bicyclic) bond motifs is 1. The first-order chi connectivity index (χ1) is 8.36. The van der Waals surface area contributed by atoms with E-state index in [1.807, 2.05) is 6.20 Å². The summed E-state index contributed by atoms with van der Waals surface area (Å²) in [7, 11) is 0. The average molecular weight is 236 g/mol. The molecular weight excluding hydrogens is 216 g/mol. The van der Waals surface area contributed by atoms with Gasteiger partial charge >= 0.3 is 0 Å². The van der Waals surface area contributed by atoms with E-state index in [1.165, 1.54) is 17.9 Å². The summed E-state index contributed by atoms with van der Waals surface area (Å²) >= 11 is 0. The van der Waals surface area contributed by atoms with E-state index in [2.05, 4.69) is 9.55 Å². The zero-order valence-electron chi connectivity index (χ0n) is 10.1. The smallest absolute Gasteiger partial charge is 0.109 e. The van der Waals surface area contributed by atoms with Crippen LogP contribution >= 0.6 is 0 Å². The Bertz CT molecular complexity index is 383. The quantitative estimate of drug-likeness (QED) is 0.852. The number of ether oxygens (including phenoxy) is 1. The van der Waals surface area contributed by atoms with Crippen LogP contribution in [0.15, 0.2) is 6.20 Å². The van der Waals surface area contributed by atoms with Crippen LogP contribution in [0.4, 0.5) is 0 Å². The highest BCUT2D eigenvalue weighted by Gasteiger charge is 2.23. The zero-order chi connectivity index (χ0) is 11.7. The molecule has 0 radical (unpaired) electrons. The molecule has 0 amide bonds. The van der Waals surface area contributed by atoms with Crippen LogP contribution < -0.4 is 0 Å². The number of rotatable bonds is 3. The molecule has 1 aromatic rings. The maximum atomic E-state index is 9.21. The Kier molecular flexibility index (Phi) is 3.16. The van der Waals surface area contributed by atoms with Crippen molar-refractivity contribution < 1.29 is 9.84 Å². The van der Waals surface area contributed by atoms with E-state index in [1.54, 1.807) is 0 Å². The topological polar surface area (TPSA) is 47.3 Å². The van der Waals surface area contributed by atoms with Gasteiger partial charge in [-0.1, -0.05) is 0 Å². The number of imidazole rings is 1. The molecular formula is C13H20N2O2. The first-order valence-electron chi connectivity index (χ1n) is 6.58. The Morgan fingerprint density at radius 3 is 3.12 bits per heavy atom. The van der Waals surface area contributed by atoms with Gasteiger partial charge in [0, 0.05) is 44.7 Å². The number of aliphatic hydroxyl groups excluding tert-OH is 1. The highest BCUT2D eigenvalue weighted by Crippen LogP contribution is 2.24. The summed E-state index contributed by atoms with van der Waals surface area (Å²) in [6.45, 7) is 3.12. The third-order valence-electron chi connectivity index (χ3n) is 4.03. The molecule has 2 atom stereocenters. The van der Waals surface area contributed by atoms with Crippen molar-refractivity contribution in [2.45, 2.75) is 32.2 Å². The zero-order valence-corrected chi connectivity index (χ0v) is 10.1. The Hall–Kier alpha value is -0.870. The second kappa shape index (κ2) is 4.78. The van der Waals surface area contributed by atoms with Crippen molar-refractivity contribution in [1.82, 2.24) is 9.55 Å². The van der Waals surface area contributed by atoms with Gasteiger partial charge in [0.05, 0.1) is 0 Å². The molecule has 4 heteroatoms. The second-order valence-corrected chi connectivity index (χ2v) is 5.29. The van der Waals surface area contributed by atoms with Crippen LogP contribution in [-0.4, -0.2) is 34.5 Å². The number of nitrogens with zero attached hydrogens (tertiary/aromatic N) is 2. The van der Waals surface area contributed by atoms with Gasteiger partial charge in [-0.05, 0) is 31.1 Å². The fourth-order valence-electron chi connectivity index (χ4n) is 2.92. The van der Waals surface area contributed by atoms with Crippen molar-refractivity contribution in [1.29, 1.82) is 0 Å². The fourth-order valence-corrected chi connectivity index (χ4v) is 2.92. The molecule has 0 aliphatic carbocycles. The molecule has 94 valence electrons. The maximum Gasteiger partial charge on any atom is 0.109 e. The Labute approximate surface area is 102 Å². The standard InChI is InChI=1S/C13H20N2O2/c16-8-10-1-3-15-12(5-10)7-14-13(15)6-11-2-4-17-9-11/h7,10-11,16H,1-6,8-9H2. The summed E-state index contributed by atoms with van der Waals surface area (Å²) in [6.07, 6.45) is 6.26. The SMILES string of the molecule is OCC1CCn2c(cnc2CC2CCOC2)C1. The van der Waals surface area contributed by atoms with Gasteiger partial charge in [-0.3, -0.25) is 0 Å². The van der Waals surface area contributed by atoms with Crippen LogP contribution in [0.25, 0.3) is 0 Å². The lowest BCUT2D eigenvalue weighted by Crippen LogP contribution is -2.23. The minimum Gasteiger partial charge on any atom is -0.396 e. The molecule has 3 rings (SSSR count). The molecule has 1 aromatic heterocycles. The second-order valence-electron chi connectivity index (χ2n) is 5.29. The molecule has 17 heavy (non-hydrogen) atoms. The summed E-state index contributed by atoms with van der Waals surface area (Å²) in [5, 5.41) is 9.21. The number of hydrogen-bond acceptors (Lipinski definition) is 3. The van der Waals surface area contributed by atoms with E-state index in [4.69, 9.17) is 4.74 Å². The van der Waals surface area contributed by atoms with Crippen LogP contribution in [-0.2, 0) is 24.1 Å². The average Bonchev–Trinajstić information content (AvgIpc) is 2.99. The maximum absolute atomic E-state index is 9.21. The molecule has 1 N–H and O–H groups in total. The first kappa shape index (κ1) is 11.2. The third kappa shape index (κ3) is 2.24. The summed E-state index contributed by atoms with van der Waals surface area (Å²) in [6, 6.07) is 0. The van der Waals surface area contributed by atoms with Crippen molar-refractivity contribution in [3.63, 3.8) is 0 Å². The van der Waals surface area contributed by atoms with E-state index >= 15 is 0 Å². The lowest BCUT2D eigenvalue weighted by molar-refractivity contribution is 0.184. The summed E-state index contributed by atoms with van der Waals surface area (Å²) < 4.78 is 7.77. The lowest BCUT2D eigenvalue weighted by atomic mass is 9.97. The van der Waals surface area contributed by atoms with Crippen LogP contribution in [0.2, 0.25) is 0 Å². The van der Waals surface area contributed by atoms with Crippen molar-refractivity contribution in [2.24, 2.45) is 11.8 Å². The molecule has 0 saturated carbocycles. The van der Waals surface area contributed by atoms with Gasteiger partial charge < -0.3 is 14.4 Å². The predicted molar refractivity (Wildman–Crippen MR) is 63.8 cm³/mol. The van der Waals surface area contributed by atoms with Gasteiger partial charge in [-0.2, -0.15) is 0 Å². The van der Waals surface area contributed by atoms with E-state index < -0.39 is 0 Å². The van der Waals surface area contributed by atoms with Crippen LogP contribution in [0, 0.1) is 11.8 Å². The molecule has 4 nitrogen and oxygen atoms in total. The third-order valence-corrected chi connectivity index (χ3v) is 4.03. The minimum atomic E-state index is 0.303. The van der Waals surface area contributed by atoms with Crippen molar-refractivity contribution in [3.05, 3.63) is 17.7 Å². The molecule has 2 aliphatic rings. The van der Waals surface area contributed by atoms with E-state index in [-0.39, 0.29) is 0 Å². The molecule has 0 aromatic carbocycles. The minimum absolute atomic E-state index is 0.303. The van der Waals surface area contributed by atoms with Gasteiger partial charge in [-0.15, -0.1) is 0 Å². The largest absolute Gasteiger partial charge is 0.396 e. The van der Waals surface area contributed by atoms with Crippen molar-refractivity contribution in [2.75, 3.05) is 19.8 Å². The molecule has 2 unspecified atom stereocenters. The number of aromatic nitrogens is 2. The normalized spacial score (nSPS) is 28.3. The lowest BCUT2D eigenvalue weighted by Gasteiger charge is -2.23. The highest BCUT2D eigenvalue weighted by atomic mass is 16.5. The predicted octanol–water partition coefficient (Wildman–Crippen LogP) is 1.02. The van der Waals surface area contributed by atoms with Crippen LogP contribution in [0.3, 0.4) is 0 Å². The summed E-state index contributed by atoms with van der Waals surface area (Å²) in [5.41, 5.74) is 1.30. The molecule has 0 spiro atoms. The molecule has 0 bridgehead atoms. The molecule has 1 saturated heterocycles. The van der Waals surface area contributed by atoms with Gasteiger partial charge in [0.1, 0.15) is 5.82 Å². The summed E-state index contributed by atoms with van der Waals surface area (Å²) in [4.78, 5) is 4.56. The van der Waals surface area contributed by atoms with E-state index in [0.29, 0.717) is 18.4 Å². The van der Waals surface area contributed by atoms with E-state index in [9.17, 15) is 5.11 Å². The van der Waals surface area contributed by atoms with Gasteiger partial charge in [0.25, 0.3) is 0 Å². The Morgan fingerprint density at radius 1 is 1.41 bits per heavy atom. The number of aliphatic hydroxyl groups is 1. The molecule has 2 aliphatic heterocycles. The van der Waals surface area contributed by atoms with Crippen LogP contribution in [0.5, 0.6) is 0 Å². The van der Waals surface area contributed by atoms with Crippen molar-refractivity contribution >= 4 is 0 Å². The van der Waals surface area contributed by atoms with Gasteiger partial charge in [-0.25, -0.2) is 4.98 Å². The van der Waals surface area contributed by atoms with E-state index in [0.717, 1.165) is 39.0 Å². The Balaban J connectivity index is 1.72. The monoisotopic (exact) mass is 236 g/mol. The van der Waals surface area contributed by atoms with Crippen molar-refractivity contribution in [3.8, 4) is 0 Å². The van der Waals surface area contributed by atoms with Crippen LogP contribution in [0.1, 0.15) is 24.4 Å². The van der Waals surface area contributed by atoms with Gasteiger partial charge in [0.2, 0.25) is 0 Å². The fraction of sp³-hybridized carbons (Fsp3) is 0.769. The number of hydrogen-bond donors (Lipinski definition) is 1. The van der Waals surface area contributed by atoms with Gasteiger partial charge in [0.15, 0.2) is 0 Å². The molecule has 1 fully saturated rings. The summed E-state index contributed by atoms with van der Waals surface area (Å²) in [5.74, 6) is 2.30.